The number of fused-ring (bicyclic) bond motifs is 1. The Kier molecular flexibility index (Phi) is 4.65. The summed E-state index contributed by atoms with van der Waals surface area (Å²) >= 11 is 0. The zero-order valence-corrected chi connectivity index (χ0v) is 14.9. The second-order valence-corrected chi connectivity index (χ2v) is 6.35. The van der Waals surface area contributed by atoms with Crippen LogP contribution in [0.5, 0.6) is 0 Å². The van der Waals surface area contributed by atoms with E-state index in [1.165, 1.54) is 0 Å². The van der Waals surface area contributed by atoms with E-state index in [1.807, 2.05) is 60.7 Å². The van der Waals surface area contributed by atoms with E-state index in [1.54, 1.807) is 16.6 Å². The maximum atomic E-state index is 12.5. The topological polar surface area (TPSA) is 77.0 Å². The molecule has 0 spiro atoms. The molecule has 0 saturated heterocycles. The number of carbonyl (C=O) groups is 1. The lowest BCUT2D eigenvalue weighted by atomic mass is 10.1. The van der Waals surface area contributed by atoms with E-state index in [0.717, 1.165) is 22.3 Å². The Labute approximate surface area is 156 Å². The van der Waals surface area contributed by atoms with Gasteiger partial charge in [-0.05, 0) is 12.1 Å². The third-order valence-corrected chi connectivity index (χ3v) is 4.40. The van der Waals surface area contributed by atoms with Gasteiger partial charge in [-0.25, -0.2) is 4.68 Å². The molecule has 0 atom stereocenters. The predicted octanol–water partition coefficient (Wildman–Crippen LogP) is 3.14. The van der Waals surface area contributed by atoms with Crippen LogP contribution in [0.2, 0.25) is 0 Å². The smallest absolute Gasteiger partial charge is 0.224 e. The summed E-state index contributed by atoms with van der Waals surface area (Å²) in [7, 11) is 1.76. The Morgan fingerprint density at radius 3 is 2.74 bits per heavy atom. The zero-order chi connectivity index (χ0) is 18.6. The van der Waals surface area contributed by atoms with Gasteiger partial charge in [0.05, 0.1) is 18.6 Å². The average molecular weight is 361 g/mol. The average Bonchev–Trinajstić information content (AvgIpc) is 3.34. The first-order valence-electron chi connectivity index (χ1n) is 8.74. The Morgan fingerprint density at radius 1 is 1.11 bits per heavy atom. The van der Waals surface area contributed by atoms with E-state index < -0.39 is 0 Å². The number of aryl methyl sites for hydroxylation is 1. The molecular weight excluding hydrogens is 342 g/mol. The fourth-order valence-electron chi connectivity index (χ4n) is 2.93. The van der Waals surface area contributed by atoms with Gasteiger partial charge in [-0.2, -0.15) is 0 Å². The van der Waals surface area contributed by atoms with Crippen molar-refractivity contribution in [2.24, 2.45) is 0 Å². The highest BCUT2D eigenvalue weighted by Gasteiger charge is 2.14. The van der Waals surface area contributed by atoms with Crippen molar-refractivity contribution in [1.29, 1.82) is 0 Å². The van der Waals surface area contributed by atoms with Gasteiger partial charge < -0.3 is 9.42 Å². The van der Waals surface area contributed by atoms with Gasteiger partial charge in [0.15, 0.2) is 5.76 Å². The number of carbonyl (C=O) groups excluding carboxylic acids is 1. The molecular formula is C20H19N5O2. The molecule has 4 aromatic rings. The summed E-state index contributed by atoms with van der Waals surface area (Å²) in [5, 5.41) is 12.3. The van der Waals surface area contributed by atoms with E-state index in [9.17, 15) is 4.79 Å². The molecule has 0 fully saturated rings. The highest BCUT2D eigenvalue weighted by atomic mass is 16.5. The van der Waals surface area contributed by atoms with Crippen molar-refractivity contribution in [3.8, 4) is 11.3 Å². The lowest BCUT2D eigenvalue weighted by molar-refractivity contribution is -0.130. The summed E-state index contributed by atoms with van der Waals surface area (Å²) in [5.41, 5.74) is 3.50. The summed E-state index contributed by atoms with van der Waals surface area (Å²) in [6.07, 6.45) is 0.337. The minimum Gasteiger partial charge on any atom is -0.359 e. The molecule has 7 heteroatoms. The number of para-hydroxylation sites is 1. The van der Waals surface area contributed by atoms with Gasteiger partial charge >= 0.3 is 0 Å². The first kappa shape index (κ1) is 17.0. The first-order valence-corrected chi connectivity index (χ1v) is 8.74. The van der Waals surface area contributed by atoms with Gasteiger partial charge in [-0.1, -0.05) is 52.8 Å². The molecule has 2 heterocycles. The minimum absolute atomic E-state index is 0.00671. The van der Waals surface area contributed by atoms with Crippen LogP contribution < -0.4 is 0 Å². The largest absolute Gasteiger partial charge is 0.359 e. The van der Waals surface area contributed by atoms with Crippen molar-refractivity contribution >= 4 is 16.9 Å². The predicted molar refractivity (Wildman–Crippen MR) is 101 cm³/mol. The van der Waals surface area contributed by atoms with Gasteiger partial charge in [0.25, 0.3) is 0 Å². The van der Waals surface area contributed by atoms with Crippen LogP contribution in [0.4, 0.5) is 0 Å². The Hall–Kier alpha value is -3.48. The minimum atomic E-state index is 0.00671. The van der Waals surface area contributed by atoms with Crippen molar-refractivity contribution in [3.05, 3.63) is 66.4 Å². The zero-order valence-electron chi connectivity index (χ0n) is 14.9. The van der Waals surface area contributed by atoms with Crippen molar-refractivity contribution in [2.45, 2.75) is 19.5 Å². The maximum Gasteiger partial charge on any atom is 0.224 e. The fraction of sp³-hybridized carbons (Fsp3) is 0.200. The molecule has 7 nitrogen and oxygen atoms in total. The van der Waals surface area contributed by atoms with E-state index in [0.29, 0.717) is 25.3 Å². The van der Waals surface area contributed by atoms with Crippen LogP contribution in [0.25, 0.3) is 22.3 Å². The van der Waals surface area contributed by atoms with E-state index in [-0.39, 0.29) is 5.91 Å². The summed E-state index contributed by atoms with van der Waals surface area (Å²) in [5.74, 6) is 0.656. The highest BCUT2D eigenvalue weighted by molar-refractivity contribution is 5.77. The van der Waals surface area contributed by atoms with Crippen LogP contribution in [0, 0.1) is 0 Å². The molecule has 0 unspecified atom stereocenters. The molecule has 27 heavy (non-hydrogen) atoms. The second kappa shape index (κ2) is 7.41. The van der Waals surface area contributed by atoms with Gasteiger partial charge in [0, 0.05) is 25.1 Å². The SMILES string of the molecule is CN(Cc1cc(-c2ccccc2)no1)C(=O)CCn1nnc2ccccc21. The molecule has 0 radical (unpaired) electrons. The molecule has 0 aliphatic heterocycles. The summed E-state index contributed by atoms with van der Waals surface area (Å²) in [6, 6.07) is 19.4. The van der Waals surface area contributed by atoms with E-state index in [4.69, 9.17) is 4.52 Å². The standard InChI is InChI=1S/C20H19N5O2/c1-24(14-16-13-18(22-27-16)15-7-3-2-4-8-15)20(26)11-12-25-19-10-6-5-9-17(19)21-23-25/h2-10,13H,11-12,14H2,1H3. The maximum absolute atomic E-state index is 12.5. The number of benzene rings is 2. The monoisotopic (exact) mass is 361 g/mol. The van der Waals surface area contributed by atoms with Gasteiger partial charge in [0.2, 0.25) is 5.91 Å². The first-order chi connectivity index (χ1) is 13.2. The van der Waals surface area contributed by atoms with Crippen LogP contribution in [0.3, 0.4) is 0 Å². The van der Waals surface area contributed by atoms with E-state index >= 15 is 0 Å². The van der Waals surface area contributed by atoms with Crippen molar-refractivity contribution < 1.29 is 9.32 Å². The highest BCUT2D eigenvalue weighted by Crippen LogP contribution is 2.19. The number of hydrogen-bond donors (Lipinski definition) is 0. The third-order valence-electron chi connectivity index (χ3n) is 4.40. The third kappa shape index (κ3) is 3.72. The number of aromatic nitrogens is 4. The van der Waals surface area contributed by atoms with Crippen LogP contribution in [0.1, 0.15) is 12.2 Å². The molecule has 136 valence electrons. The molecule has 4 rings (SSSR count). The van der Waals surface area contributed by atoms with Crippen LogP contribution in [-0.2, 0) is 17.9 Å². The molecule has 0 bridgehead atoms. The second-order valence-electron chi connectivity index (χ2n) is 6.35. The summed E-state index contributed by atoms with van der Waals surface area (Å²) in [4.78, 5) is 14.1. The van der Waals surface area contributed by atoms with Crippen molar-refractivity contribution in [3.63, 3.8) is 0 Å². The lowest BCUT2D eigenvalue weighted by Crippen LogP contribution is -2.27. The molecule has 2 aromatic carbocycles. The van der Waals surface area contributed by atoms with Crippen molar-refractivity contribution in [2.75, 3.05) is 7.05 Å². The molecule has 0 N–H and O–H groups in total. The summed E-state index contributed by atoms with van der Waals surface area (Å²) in [6.45, 7) is 0.853. The molecule has 0 aliphatic rings. The van der Waals surface area contributed by atoms with Crippen molar-refractivity contribution in [1.82, 2.24) is 25.1 Å². The Morgan fingerprint density at radius 2 is 1.89 bits per heavy atom. The van der Waals surface area contributed by atoms with Gasteiger partial charge in [-0.3, -0.25) is 4.79 Å². The van der Waals surface area contributed by atoms with Gasteiger partial charge in [-0.15, -0.1) is 5.10 Å². The van der Waals surface area contributed by atoms with Crippen LogP contribution in [0.15, 0.2) is 65.2 Å². The molecule has 1 amide bonds. The molecule has 0 aliphatic carbocycles. The quantitative estimate of drug-likeness (QED) is 0.527. The summed E-state index contributed by atoms with van der Waals surface area (Å²) < 4.78 is 7.13. The molecule has 2 aromatic heterocycles. The van der Waals surface area contributed by atoms with E-state index in [2.05, 4.69) is 15.5 Å². The number of amides is 1. The normalized spacial score (nSPS) is 11.0. The lowest BCUT2D eigenvalue weighted by Gasteiger charge is -2.15. The Bertz CT molecular complexity index is 1050. The molecule has 0 saturated carbocycles. The number of nitrogens with zero attached hydrogens (tertiary/aromatic N) is 5. The van der Waals surface area contributed by atoms with Crippen LogP contribution >= 0.6 is 0 Å². The Balaban J connectivity index is 1.36. The number of rotatable bonds is 6. The number of hydrogen-bond acceptors (Lipinski definition) is 5. The van der Waals surface area contributed by atoms with Gasteiger partial charge in [0.1, 0.15) is 11.2 Å². The van der Waals surface area contributed by atoms with Crippen LogP contribution in [-0.4, -0.2) is 38.0 Å². The fourth-order valence-corrected chi connectivity index (χ4v) is 2.93.